The van der Waals surface area contributed by atoms with Crippen molar-refractivity contribution in [1.29, 1.82) is 0 Å². The van der Waals surface area contributed by atoms with Crippen molar-refractivity contribution in [3.05, 3.63) is 78.9 Å². The molecule has 3 rings (SSSR count). The van der Waals surface area contributed by atoms with Gasteiger partial charge in [0.25, 0.3) is 0 Å². The number of hydrogen-bond acceptors (Lipinski definition) is 2. The van der Waals surface area contributed by atoms with Crippen LogP contribution < -0.4 is 14.9 Å². The van der Waals surface area contributed by atoms with Crippen LogP contribution >= 0.6 is 31.5 Å². The molecule has 5 heteroatoms. The minimum absolute atomic E-state index is 0.0892. The highest BCUT2D eigenvalue weighted by Crippen LogP contribution is 2.29. The monoisotopic (exact) mass is 430 g/mol. The maximum atomic E-state index is 6.01. The van der Waals surface area contributed by atoms with E-state index < -0.39 is 0 Å². The summed E-state index contributed by atoms with van der Waals surface area (Å²) in [6.45, 7) is 0. The molecule has 0 spiro atoms. The Hall–Kier alpha value is -1.72. The second-order valence-electron chi connectivity index (χ2n) is 4.80. The van der Waals surface area contributed by atoms with Gasteiger partial charge >= 0.3 is 4.36 Å². The van der Waals surface area contributed by atoms with Gasteiger partial charge in [-0.05, 0) is 36.4 Å². The lowest BCUT2D eigenvalue weighted by atomic mass is 9.92. The summed E-state index contributed by atoms with van der Waals surface area (Å²) in [6.07, 6.45) is 0. The molecule has 0 aliphatic rings. The number of halogens is 2. The van der Waals surface area contributed by atoms with Crippen molar-refractivity contribution in [3.63, 3.8) is 0 Å². The Balaban J connectivity index is 1.95. The molecule has 0 aliphatic carbocycles. The van der Waals surface area contributed by atoms with E-state index in [0.29, 0.717) is 0 Å². The smallest absolute Gasteiger partial charge is 0.337 e. The second-order valence-corrected chi connectivity index (χ2v) is 7.86. The summed E-state index contributed by atoms with van der Waals surface area (Å²) in [7, 11) is 0. The van der Waals surface area contributed by atoms with E-state index in [2.05, 4.69) is 31.5 Å². The standard InChI is InChI=1S/C18H13BBr2O2/c20-19(21)18-16(22-14-8-3-1-4-9-14)12-7-13-17(18)23-15-10-5-2-6-11-15/h1-13H. The van der Waals surface area contributed by atoms with Crippen molar-refractivity contribution in [2.45, 2.75) is 0 Å². The molecule has 0 atom stereocenters. The zero-order valence-corrected chi connectivity index (χ0v) is 15.3. The van der Waals surface area contributed by atoms with Gasteiger partial charge in [0.05, 0.1) is 0 Å². The van der Waals surface area contributed by atoms with Crippen LogP contribution in [0, 0.1) is 0 Å². The third kappa shape index (κ3) is 4.18. The van der Waals surface area contributed by atoms with Crippen LogP contribution in [0.1, 0.15) is 0 Å². The normalized spacial score (nSPS) is 10.2. The first kappa shape index (κ1) is 16.2. The lowest BCUT2D eigenvalue weighted by molar-refractivity contribution is 0.467. The zero-order chi connectivity index (χ0) is 16.1. The maximum absolute atomic E-state index is 6.01. The number of ether oxygens (including phenoxy) is 2. The van der Waals surface area contributed by atoms with E-state index in [-0.39, 0.29) is 4.36 Å². The Morgan fingerprint density at radius 2 is 1.00 bits per heavy atom. The summed E-state index contributed by atoms with van der Waals surface area (Å²) < 4.78 is 11.9. The average Bonchev–Trinajstić information content (AvgIpc) is 2.56. The largest absolute Gasteiger partial charge is 0.458 e. The second kappa shape index (κ2) is 7.71. The summed E-state index contributed by atoms with van der Waals surface area (Å²) in [5, 5.41) is 0. The van der Waals surface area contributed by atoms with Gasteiger partial charge in [0.1, 0.15) is 23.0 Å². The van der Waals surface area contributed by atoms with E-state index in [1.807, 2.05) is 78.9 Å². The predicted molar refractivity (Wildman–Crippen MR) is 103 cm³/mol. The van der Waals surface area contributed by atoms with Gasteiger partial charge in [-0.15, -0.1) is 31.5 Å². The maximum Gasteiger partial charge on any atom is 0.337 e. The lowest BCUT2D eigenvalue weighted by Crippen LogP contribution is -2.21. The van der Waals surface area contributed by atoms with E-state index in [1.165, 1.54) is 0 Å². The third-order valence-corrected chi connectivity index (χ3v) is 4.10. The molecular weight excluding hydrogens is 419 g/mol. The van der Waals surface area contributed by atoms with Gasteiger partial charge in [0.2, 0.25) is 0 Å². The van der Waals surface area contributed by atoms with Gasteiger partial charge in [0.15, 0.2) is 0 Å². The molecule has 0 saturated heterocycles. The van der Waals surface area contributed by atoms with Gasteiger partial charge in [-0.25, -0.2) is 0 Å². The van der Waals surface area contributed by atoms with Crippen LogP contribution in [0.25, 0.3) is 0 Å². The molecule has 0 unspecified atom stereocenters. The van der Waals surface area contributed by atoms with E-state index in [0.717, 1.165) is 28.5 Å². The van der Waals surface area contributed by atoms with E-state index >= 15 is 0 Å². The fraction of sp³-hybridized carbons (Fsp3) is 0. The number of hydrogen-bond donors (Lipinski definition) is 0. The topological polar surface area (TPSA) is 18.5 Å². The highest BCUT2D eigenvalue weighted by Gasteiger charge is 2.21. The van der Waals surface area contributed by atoms with Crippen molar-refractivity contribution in [1.82, 2.24) is 0 Å². The predicted octanol–water partition coefficient (Wildman–Crippen LogP) is 5.76. The first-order valence-corrected chi connectivity index (χ1v) is 8.94. The SMILES string of the molecule is BrB(Br)c1c(Oc2ccccc2)cccc1Oc1ccccc1. The first-order valence-electron chi connectivity index (χ1n) is 7.11. The quantitative estimate of drug-likeness (QED) is 0.478. The van der Waals surface area contributed by atoms with Gasteiger partial charge in [-0.3, -0.25) is 0 Å². The molecule has 0 bridgehead atoms. The van der Waals surface area contributed by atoms with Crippen LogP contribution in [0.5, 0.6) is 23.0 Å². The number of para-hydroxylation sites is 2. The van der Waals surface area contributed by atoms with Gasteiger partial charge < -0.3 is 9.47 Å². The molecular formula is C18H13BBr2O2. The van der Waals surface area contributed by atoms with Crippen molar-refractivity contribution in [2.24, 2.45) is 0 Å². The molecule has 114 valence electrons. The zero-order valence-electron chi connectivity index (χ0n) is 12.2. The first-order chi connectivity index (χ1) is 11.2. The Kier molecular flexibility index (Phi) is 5.41. The lowest BCUT2D eigenvalue weighted by Gasteiger charge is -2.16. The van der Waals surface area contributed by atoms with Crippen molar-refractivity contribution in [3.8, 4) is 23.0 Å². The van der Waals surface area contributed by atoms with Crippen LogP contribution in [0.2, 0.25) is 0 Å². The fourth-order valence-electron chi connectivity index (χ4n) is 2.15. The average molecular weight is 432 g/mol. The van der Waals surface area contributed by atoms with Crippen molar-refractivity contribution < 1.29 is 9.47 Å². The molecule has 0 fully saturated rings. The minimum Gasteiger partial charge on any atom is -0.458 e. The van der Waals surface area contributed by atoms with Crippen molar-refractivity contribution in [2.75, 3.05) is 0 Å². The summed E-state index contributed by atoms with van der Waals surface area (Å²) >= 11 is 7.14. The highest BCUT2D eigenvalue weighted by atomic mass is 79.9. The van der Waals surface area contributed by atoms with Crippen LogP contribution in [0.3, 0.4) is 0 Å². The molecule has 0 amide bonds. The summed E-state index contributed by atoms with van der Waals surface area (Å²) in [5.41, 5.74) is 0.903. The molecule has 3 aromatic carbocycles. The molecule has 3 aromatic rings. The van der Waals surface area contributed by atoms with Crippen LogP contribution in [-0.4, -0.2) is 4.36 Å². The number of rotatable bonds is 5. The summed E-state index contributed by atoms with van der Waals surface area (Å²) in [5.74, 6) is 3.05. The molecule has 0 N–H and O–H groups in total. The van der Waals surface area contributed by atoms with Gasteiger partial charge in [0, 0.05) is 5.46 Å². The van der Waals surface area contributed by atoms with Crippen LogP contribution in [0.4, 0.5) is 0 Å². The molecule has 0 aromatic heterocycles. The molecule has 0 saturated carbocycles. The molecule has 23 heavy (non-hydrogen) atoms. The molecule has 0 aliphatic heterocycles. The van der Waals surface area contributed by atoms with Gasteiger partial charge in [-0.2, -0.15) is 0 Å². The van der Waals surface area contributed by atoms with Gasteiger partial charge in [-0.1, -0.05) is 42.5 Å². The molecule has 0 heterocycles. The molecule has 2 nitrogen and oxygen atoms in total. The van der Waals surface area contributed by atoms with Crippen LogP contribution in [-0.2, 0) is 0 Å². The number of benzene rings is 3. The van der Waals surface area contributed by atoms with Crippen molar-refractivity contribution >= 4 is 41.3 Å². The van der Waals surface area contributed by atoms with E-state index in [9.17, 15) is 0 Å². The Bertz CT molecular complexity index is 705. The Morgan fingerprint density at radius 1 is 0.565 bits per heavy atom. The Labute approximate surface area is 152 Å². The Morgan fingerprint density at radius 3 is 1.39 bits per heavy atom. The minimum atomic E-state index is -0.0892. The molecule has 0 radical (unpaired) electrons. The van der Waals surface area contributed by atoms with Crippen LogP contribution in [0.15, 0.2) is 78.9 Å². The summed E-state index contributed by atoms with van der Waals surface area (Å²) in [6, 6.07) is 25.2. The van der Waals surface area contributed by atoms with E-state index in [4.69, 9.17) is 9.47 Å². The third-order valence-electron chi connectivity index (χ3n) is 3.19. The van der Waals surface area contributed by atoms with E-state index in [1.54, 1.807) is 0 Å². The summed E-state index contributed by atoms with van der Waals surface area (Å²) in [4.78, 5) is 0. The highest BCUT2D eigenvalue weighted by molar-refractivity contribution is 9.49. The fourth-order valence-corrected chi connectivity index (χ4v) is 3.05.